The zero-order valence-corrected chi connectivity index (χ0v) is 11.9. The van der Waals surface area contributed by atoms with Crippen LogP contribution in [0.4, 0.5) is 0 Å². The molecule has 0 fully saturated rings. The lowest BCUT2D eigenvalue weighted by Crippen LogP contribution is -2.43. The smallest absolute Gasteiger partial charge is 0.138 e. The number of nitrogens with zero attached hydrogens (tertiary/aromatic N) is 3. The zero-order valence-electron chi connectivity index (χ0n) is 11.9. The standard InChI is InChI=1S/C15H22N4/c1-4-19-14(17-11-18-19)10-13(16)15(2,3)12-8-6-5-7-9-12/h5-9,11,13H,4,10,16H2,1-3H3. The highest BCUT2D eigenvalue weighted by Gasteiger charge is 2.29. The van der Waals surface area contributed by atoms with Crippen LogP contribution >= 0.6 is 0 Å². The van der Waals surface area contributed by atoms with Gasteiger partial charge in [0.25, 0.3) is 0 Å². The van der Waals surface area contributed by atoms with Crippen LogP contribution in [0.3, 0.4) is 0 Å². The Morgan fingerprint density at radius 1 is 1.26 bits per heavy atom. The Morgan fingerprint density at radius 2 is 1.95 bits per heavy atom. The van der Waals surface area contributed by atoms with Gasteiger partial charge in [0, 0.05) is 24.4 Å². The van der Waals surface area contributed by atoms with Crippen molar-refractivity contribution in [3.05, 3.63) is 48.0 Å². The average molecular weight is 258 g/mol. The summed E-state index contributed by atoms with van der Waals surface area (Å²) in [7, 11) is 0. The van der Waals surface area contributed by atoms with Gasteiger partial charge in [0.05, 0.1) is 0 Å². The van der Waals surface area contributed by atoms with Crippen molar-refractivity contribution >= 4 is 0 Å². The van der Waals surface area contributed by atoms with Gasteiger partial charge in [-0.1, -0.05) is 44.2 Å². The fourth-order valence-corrected chi connectivity index (χ4v) is 2.24. The maximum absolute atomic E-state index is 6.42. The van der Waals surface area contributed by atoms with Crippen LogP contribution in [-0.2, 0) is 18.4 Å². The topological polar surface area (TPSA) is 56.7 Å². The molecule has 0 saturated heterocycles. The van der Waals surface area contributed by atoms with E-state index in [0.717, 1.165) is 18.8 Å². The van der Waals surface area contributed by atoms with Crippen LogP contribution in [0.2, 0.25) is 0 Å². The van der Waals surface area contributed by atoms with Crippen LogP contribution in [-0.4, -0.2) is 20.8 Å². The summed E-state index contributed by atoms with van der Waals surface area (Å²) in [5.74, 6) is 0.957. The van der Waals surface area contributed by atoms with Gasteiger partial charge in [0.2, 0.25) is 0 Å². The first kappa shape index (κ1) is 13.7. The molecule has 2 aromatic rings. The Labute approximate surface area is 114 Å². The molecule has 1 aromatic carbocycles. The van der Waals surface area contributed by atoms with Crippen molar-refractivity contribution in [1.29, 1.82) is 0 Å². The highest BCUT2D eigenvalue weighted by Crippen LogP contribution is 2.27. The molecular weight excluding hydrogens is 236 g/mol. The molecule has 0 saturated carbocycles. The fraction of sp³-hybridized carbons (Fsp3) is 0.467. The van der Waals surface area contributed by atoms with Crippen molar-refractivity contribution in [2.75, 3.05) is 0 Å². The lowest BCUT2D eigenvalue weighted by molar-refractivity contribution is 0.394. The molecule has 1 heterocycles. The second-order valence-corrected chi connectivity index (χ2v) is 5.39. The molecule has 4 nitrogen and oxygen atoms in total. The Balaban J connectivity index is 2.17. The van der Waals surface area contributed by atoms with E-state index in [1.54, 1.807) is 6.33 Å². The Morgan fingerprint density at radius 3 is 2.58 bits per heavy atom. The van der Waals surface area contributed by atoms with Gasteiger partial charge in [-0.15, -0.1) is 0 Å². The minimum atomic E-state index is -0.0915. The Kier molecular flexibility index (Phi) is 4.00. The van der Waals surface area contributed by atoms with Gasteiger partial charge in [-0.05, 0) is 12.5 Å². The molecule has 0 aliphatic heterocycles. The molecule has 1 unspecified atom stereocenters. The molecule has 1 atom stereocenters. The SMILES string of the molecule is CCn1ncnc1CC(N)C(C)(C)c1ccccc1. The lowest BCUT2D eigenvalue weighted by atomic mass is 9.77. The summed E-state index contributed by atoms with van der Waals surface area (Å²) in [6.45, 7) is 7.25. The van der Waals surface area contributed by atoms with Gasteiger partial charge in [0.1, 0.15) is 12.2 Å². The van der Waals surface area contributed by atoms with Gasteiger partial charge in [0.15, 0.2) is 0 Å². The van der Waals surface area contributed by atoms with Gasteiger partial charge in [-0.2, -0.15) is 5.10 Å². The average Bonchev–Trinajstić information content (AvgIpc) is 2.87. The number of benzene rings is 1. The second-order valence-electron chi connectivity index (χ2n) is 5.39. The number of nitrogens with two attached hydrogens (primary N) is 1. The van der Waals surface area contributed by atoms with Crippen LogP contribution in [0.5, 0.6) is 0 Å². The third-order valence-electron chi connectivity index (χ3n) is 3.84. The first-order valence-corrected chi connectivity index (χ1v) is 6.73. The van der Waals surface area contributed by atoms with E-state index >= 15 is 0 Å². The van der Waals surface area contributed by atoms with Crippen molar-refractivity contribution < 1.29 is 0 Å². The van der Waals surface area contributed by atoms with E-state index in [4.69, 9.17) is 5.73 Å². The number of rotatable bonds is 5. The molecule has 0 radical (unpaired) electrons. The van der Waals surface area contributed by atoms with E-state index in [0.29, 0.717) is 0 Å². The monoisotopic (exact) mass is 258 g/mol. The maximum atomic E-state index is 6.42. The first-order chi connectivity index (χ1) is 9.05. The van der Waals surface area contributed by atoms with E-state index in [1.807, 2.05) is 10.7 Å². The van der Waals surface area contributed by atoms with Crippen LogP contribution in [0.25, 0.3) is 0 Å². The van der Waals surface area contributed by atoms with Crippen molar-refractivity contribution in [2.45, 2.75) is 45.2 Å². The van der Waals surface area contributed by atoms with E-state index in [9.17, 15) is 0 Å². The van der Waals surface area contributed by atoms with Gasteiger partial charge < -0.3 is 5.73 Å². The fourth-order valence-electron chi connectivity index (χ4n) is 2.24. The summed E-state index contributed by atoms with van der Waals surface area (Å²) in [4.78, 5) is 4.31. The van der Waals surface area contributed by atoms with Crippen molar-refractivity contribution in [3.63, 3.8) is 0 Å². The minimum Gasteiger partial charge on any atom is -0.327 e. The molecular formula is C15H22N4. The zero-order chi connectivity index (χ0) is 13.9. The quantitative estimate of drug-likeness (QED) is 0.894. The van der Waals surface area contributed by atoms with Crippen LogP contribution in [0, 0.1) is 0 Å². The summed E-state index contributed by atoms with van der Waals surface area (Å²) < 4.78 is 1.90. The molecule has 1 aromatic heterocycles. The summed E-state index contributed by atoms with van der Waals surface area (Å²) in [5, 5.41) is 4.19. The molecule has 102 valence electrons. The van der Waals surface area contributed by atoms with Crippen molar-refractivity contribution in [3.8, 4) is 0 Å². The van der Waals surface area contributed by atoms with E-state index in [2.05, 4.69) is 55.1 Å². The highest BCUT2D eigenvalue weighted by atomic mass is 15.3. The van der Waals surface area contributed by atoms with Crippen LogP contribution < -0.4 is 5.73 Å². The molecule has 0 aliphatic carbocycles. The van der Waals surface area contributed by atoms with E-state index in [-0.39, 0.29) is 11.5 Å². The first-order valence-electron chi connectivity index (χ1n) is 6.73. The summed E-state index contributed by atoms with van der Waals surface area (Å²) in [6, 6.07) is 10.4. The maximum Gasteiger partial charge on any atom is 0.138 e. The van der Waals surface area contributed by atoms with Gasteiger partial charge in [-0.3, -0.25) is 4.68 Å². The normalized spacial score (nSPS) is 13.5. The summed E-state index contributed by atoms with van der Waals surface area (Å²) in [5.41, 5.74) is 7.58. The Hall–Kier alpha value is -1.68. The van der Waals surface area contributed by atoms with Crippen LogP contribution in [0.15, 0.2) is 36.7 Å². The summed E-state index contributed by atoms with van der Waals surface area (Å²) >= 11 is 0. The predicted molar refractivity (Wildman–Crippen MR) is 76.8 cm³/mol. The largest absolute Gasteiger partial charge is 0.327 e. The van der Waals surface area contributed by atoms with Crippen LogP contribution in [0.1, 0.15) is 32.2 Å². The van der Waals surface area contributed by atoms with Gasteiger partial charge in [-0.25, -0.2) is 4.98 Å². The third kappa shape index (κ3) is 2.84. The molecule has 2 N–H and O–H groups in total. The molecule has 0 amide bonds. The molecule has 0 bridgehead atoms. The predicted octanol–water partition coefficient (Wildman–Crippen LogP) is 2.15. The molecule has 0 aliphatic rings. The van der Waals surface area contributed by atoms with E-state index in [1.165, 1.54) is 5.56 Å². The van der Waals surface area contributed by atoms with Crippen molar-refractivity contribution in [2.24, 2.45) is 5.73 Å². The second kappa shape index (κ2) is 5.53. The lowest BCUT2D eigenvalue weighted by Gasteiger charge is -2.32. The molecule has 19 heavy (non-hydrogen) atoms. The molecule has 2 rings (SSSR count). The number of aromatic nitrogens is 3. The Bertz CT molecular complexity index is 516. The molecule has 4 heteroatoms. The number of hydrogen-bond donors (Lipinski definition) is 1. The third-order valence-corrected chi connectivity index (χ3v) is 3.84. The van der Waals surface area contributed by atoms with Gasteiger partial charge >= 0.3 is 0 Å². The summed E-state index contributed by atoms with van der Waals surface area (Å²) in [6.07, 6.45) is 2.33. The van der Waals surface area contributed by atoms with Crippen molar-refractivity contribution in [1.82, 2.24) is 14.8 Å². The van der Waals surface area contributed by atoms with E-state index < -0.39 is 0 Å². The highest BCUT2D eigenvalue weighted by molar-refractivity contribution is 5.26. The number of aryl methyl sites for hydroxylation is 1. The minimum absolute atomic E-state index is 0.00407. The molecule has 0 spiro atoms. The number of hydrogen-bond acceptors (Lipinski definition) is 3.